The summed E-state index contributed by atoms with van der Waals surface area (Å²) < 4.78 is 0. The van der Waals surface area contributed by atoms with Crippen molar-refractivity contribution in [3.63, 3.8) is 0 Å². The van der Waals surface area contributed by atoms with Crippen molar-refractivity contribution in [2.75, 3.05) is 5.73 Å². The van der Waals surface area contributed by atoms with Gasteiger partial charge >= 0.3 is 0 Å². The maximum absolute atomic E-state index is 11.6. The molecule has 0 unspecified atom stereocenters. The van der Waals surface area contributed by atoms with Crippen molar-refractivity contribution in [2.24, 2.45) is 0 Å². The predicted octanol–water partition coefficient (Wildman–Crippen LogP) is -0.315. The number of nitrogens with one attached hydrogen (secondary N) is 2. The molecule has 0 spiro atoms. The number of hydrogen-bond donors (Lipinski definition) is 3. The van der Waals surface area contributed by atoms with Gasteiger partial charge in [0.1, 0.15) is 5.69 Å². The summed E-state index contributed by atoms with van der Waals surface area (Å²) in [5, 5.41) is 0. The maximum Gasteiger partial charge on any atom is 0.278 e. The van der Waals surface area contributed by atoms with Gasteiger partial charge in [-0.15, -0.1) is 0 Å². The van der Waals surface area contributed by atoms with Crippen LogP contribution in [0.4, 0.5) is 5.95 Å². The molecule has 0 fully saturated rings. The molecule has 0 radical (unpaired) electrons. The van der Waals surface area contributed by atoms with Crippen LogP contribution in [0.5, 0.6) is 0 Å². The number of anilines is 1. The molecule has 3 aromatic heterocycles. The zero-order valence-corrected chi connectivity index (χ0v) is 8.51. The second-order valence-corrected chi connectivity index (χ2v) is 3.33. The van der Waals surface area contributed by atoms with Crippen LogP contribution in [0.2, 0.25) is 0 Å². The molecule has 0 aliphatic heterocycles. The summed E-state index contributed by atoms with van der Waals surface area (Å²) in [5.74, 6) is 0.455. The fourth-order valence-electron chi connectivity index (χ4n) is 1.47. The van der Waals surface area contributed by atoms with Crippen molar-refractivity contribution in [3.8, 4) is 11.5 Å². The Morgan fingerprint density at radius 2 is 2.06 bits per heavy atom. The minimum Gasteiger partial charge on any atom is -0.369 e. The smallest absolute Gasteiger partial charge is 0.278 e. The standard InChI is InChI=1S/C9H7N7O/c10-9-15-7-5(8(17)16-9)13-6(14-7)4-3-11-1-2-12-4/h1-3H,(H4,10,13,14,15,16,17). The van der Waals surface area contributed by atoms with Gasteiger partial charge in [0, 0.05) is 12.4 Å². The first kappa shape index (κ1) is 9.46. The Balaban J connectivity index is 2.28. The number of nitrogen functional groups attached to an aromatic ring is 1. The highest BCUT2D eigenvalue weighted by molar-refractivity contribution is 5.74. The van der Waals surface area contributed by atoms with E-state index < -0.39 is 0 Å². The number of aromatic amines is 2. The molecular formula is C9H7N7O. The van der Waals surface area contributed by atoms with Crippen LogP contribution >= 0.6 is 0 Å². The van der Waals surface area contributed by atoms with Gasteiger partial charge in [0.05, 0.1) is 6.20 Å². The molecule has 0 aliphatic rings. The van der Waals surface area contributed by atoms with Crippen LogP contribution in [-0.2, 0) is 0 Å². The van der Waals surface area contributed by atoms with Crippen LogP contribution in [0, 0.1) is 0 Å². The van der Waals surface area contributed by atoms with E-state index in [2.05, 4.69) is 29.9 Å². The monoisotopic (exact) mass is 229 g/mol. The van der Waals surface area contributed by atoms with Crippen LogP contribution in [0.15, 0.2) is 23.4 Å². The topological polar surface area (TPSA) is 126 Å². The van der Waals surface area contributed by atoms with E-state index in [0.29, 0.717) is 11.5 Å². The van der Waals surface area contributed by atoms with Crippen molar-refractivity contribution >= 4 is 17.1 Å². The number of nitrogens with zero attached hydrogens (tertiary/aromatic N) is 4. The molecule has 0 saturated heterocycles. The fraction of sp³-hybridized carbons (Fsp3) is 0. The SMILES string of the molecule is Nc1nc2nc(-c3cnccn3)[nH]c2c(=O)[nH]1. The van der Waals surface area contributed by atoms with E-state index in [1.54, 1.807) is 6.20 Å². The molecule has 0 aliphatic carbocycles. The lowest BCUT2D eigenvalue weighted by molar-refractivity contribution is 1.16. The lowest BCUT2D eigenvalue weighted by Gasteiger charge is -1.91. The summed E-state index contributed by atoms with van der Waals surface area (Å²) in [6.45, 7) is 0. The average Bonchev–Trinajstić information content (AvgIpc) is 2.74. The van der Waals surface area contributed by atoms with Crippen LogP contribution < -0.4 is 11.3 Å². The van der Waals surface area contributed by atoms with E-state index in [0.717, 1.165) is 0 Å². The molecule has 0 aromatic carbocycles. The first-order valence-electron chi connectivity index (χ1n) is 4.76. The van der Waals surface area contributed by atoms with Gasteiger partial charge in [0.15, 0.2) is 17.0 Å². The number of fused-ring (bicyclic) bond motifs is 1. The minimum absolute atomic E-state index is 0.0275. The van der Waals surface area contributed by atoms with Crippen molar-refractivity contribution in [1.29, 1.82) is 0 Å². The van der Waals surface area contributed by atoms with Gasteiger partial charge in [-0.05, 0) is 0 Å². The molecule has 3 rings (SSSR count). The van der Waals surface area contributed by atoms with Gasteiger partial charge in [-0.1, -0.05) is 0 Å². The summed E-state index contributed by atoms with van der Waals surface area (Å²) in [7, 11) is 0. The number of aromatic nitrogens is 6. The first-order chi connectivity index (χ1) is 8.24. The molecule has 17 heavy (non-hydrogen) atoms. The Morgan fingerprint density at radius 1 is 1.18 bits per heavy atom. The molecule has 0 amide bonds. The molecule has 8 heteroatoms. The average molecular weight is 229 g/mol. The number of hydrogen-bond acceptors (Lipinski definition) is 6. The van der Waals surface area contributed by atoms with Crippen molar-refractivity contribution in [2.45, 2.75) is 0 Å². The summed E-state index contributed by atoms with van der Waals surface area (Å²) >= 11 is 0. The third-order valence-corrected chi connectivity index (χ3v) is 2.19. The van der Waals surface area contributed by atoms with Gasteiger partial charge in [0.25, 0.3) is 5.56 Å². The lowest BCUT2D eigenvalue weighted by atomic mass is 10.4. The predicted molar refractivity (Wildman–Crippen MR) is 59.9 cm³/mol. The molecule has 0 saturated carbocycles. The summed E-state index contributed by atoms with van der Waals surface area (Å²) in [6.07, 6.45) is 4.62. The molecule has 3 aromatic rings. The molecule has 3 heterocycles. The number of H-pyrrole nitrogens is 2. The number of nitrogens with two attached hydrogens (primary N) is 1. The largest absolute Gasteiger partial charge is 0.369 e. The van der Waals surface area contributed by atoms with Gasteiger partial charge in [-0.25, -0.2) is 9.97 Å². The van der Waals surface area contributed by atoms with E-state index >= 15 is 0 Å². The Labute approximate surface area is 94.0 Å². The Morgan fingerprint density at radius 3 is 2.82 bits per heavy atom. The number of imidazole rings is 1. The van der Waals surface area contributed by atoms with Gasteiger partial charge in [-0.3, -0.25) is 14.8 Å². The van der Waals surface area contributed by atoms with Crippen LogP contribution in [-0.4, -0.2) is 29.9 Å². The molecular weight excluding hydrogens is 222 g/mol. The zero-order valence-electron chi connectivity index (χ0n) is 8.51. The second kappa shape index (κ2) is 3.37. The van der Waals surface area contributed by atoms with E-state index in [-0.39, 0.29) is 22.7 Å². The fourth-order valence-corrected chi connectivity index (χ4v) is 1.47. The van der Waals surface area contributed by atoms with E-state index in [9.17, 15) is 4.79 Å². The van der Waals surface area contributed by atoms with Crippen molar-refractivity contribution in [3.05, 3.63) is 28.9 Å². The minimum atomic E-state index is -0.366. The highest BCUT2D eigenvalue weighted by Gasteiger charge is 2.10. The van der Waals surface area contributed by atoms with Crippen LogP contribution in [0.3, 0.4) is 0 Å². The summed E-state index contributed by atoms with van der Waals surface area (Å²) in [4.78, 5) is 32.8. The van der Waals surface area contributed by atoms with Crippen LogP contribution in [0.25, 0.3) is 22.7 Å². The molecule has 84 valence electrons. The zero-order chi connectivity index (χ0) is 11.8. The van der Waals surface area contributed by atoms with Crippen molar-refractivity contribution in [1.82, 2.24) is 29.9 Å². The summed E-state index contributed by atoms with van der Waals surface area (Å²) in [6, 6.07) is 0. The third-order valence-electron chi connectivity index (χ3n) is 2.19. The third kappa shape index (κ3) is 1.51. The van der Waals surface area contributed by atoms with Gasteiger partial charge < -0.3 is 10.7 Å². The summed E-state index contributed by atoms with van der Waals surface area (Å²) in [5.41, 5.74) is 6.11. The quantitative estimate of drug-likeness (QED) is 0.525. The highest BCUT2D eigenvalue weighted by Crippen LogP contribution is 2.13. The normalized spacial score (nSPS) is 10.8. The van der Waals surface area contributed by atoms with E-state index in [1.807, 2.05) is 0 Å². The maximum atomic E-state index is 11.6. The van der Waals surface area contributed by atoms with Crippen molar-refractivity contribution < 1.29 is 0 Å². The highest BCUT2D eigenvalue weighted by atomic mass is 16.1. The molecule has 0 atom stereocenters. The van der Waals surface area contributed by atoms with Gasteiger partial charge in [-0.2, -0.15) is 4.98 Å². The number of rotatable bonds is 1. The first-order valence-corrected chi connectivity index (χ1v) is 4.76. The Bertz CT molecular complexity index is 730. The lowest BCUT2D eigenvalue weighted by Crippen LogP contribution is -2.10. The second-order valence-electron chi connectivity index (χ2n) is 3.33. The van der Waals surface area contributed by atoms with E-state index in [1.165, 1.54) is 12.4 Å². The van der Waals surface area contributed by atoms with Crippen LogP contribution in [0.1, 0.15) is 0 Å². The van der Waals surface area contributed by atoms with Gasteiger partial charge in [0.2, 0.25) is 5.95 Å². The van der Waals surface area contributed by atoms with E-state index in [4.69, 9.17) is 5.73 Å². The molecule has 8 nitrogen and oxygen atoms in total. The Kier molecular flexibility index (Phi) is 1.87. The molecule has 4 N–H and O–H groups in total. The Hall–Kier alpha value is -2.77. The molecule has 0 bridgehead atoms.